The Labute approximate surface area is 212 Å². The number of fused-ring (bicyclic) bond motifs is 1. The molecule has 1 fully saturated rings. The second kappa shape index (κ2) is 11.6. The predicted octanol–water partition coefficient (Wildman–Crippen LogP) is 3.99. The van der Waals surface area contributed by atoms with Crippen LogP contribution in [0.25, 0.3) is 0 Å². The molecule has 1 aromatic carbocycles. The number of anilines is 1. The van der Waals surface area contributed by atoms with Crippen molar-refractivity contribution in [3.8, 4) is 0 Å². The van der Waals surface area contributed by atoms with Crippen molar-refractivity contribution in [2.45, 2.75) is 51.2 Å². The van der Waals surface area contributed by atoms with Gasteiger partial charge in [0.25, 0.3) is 0 Å². The number of hydrogen-bond acceptors (Lipinski definition) is 6. The molecular weight excluding hydrogens is 467 g/mol. The van der Waals surface area contributed by atoms with Crippen molar-refractivity contribution in [2.75, 3.05) is 51.1 Å². The highest BCUT2D eigenvalue weighted by molar-refractivity contribution is 6.30. The summed E-state index contributed by atoms with van der Waals surface area (Å²) in [6.07, 6.45) is 0.805. The standard InChI is InChI=1S/C26H36ClFN6O/c1-17(2)34-12-10-33(11-13-34)15-21(19-4-6-20(27)7-5-19)26(35)30-9-8-29-25-23-18(3)14-22(28)24(23)31-16-32-25/h4-7,16-18,21-22H,8-15H2,1-3H3,(H,30,35)(H,29,31,32)/t18?,21-,22-/m0/s1. The smallest absolute Gasteiger partial charge is 0.228 e. The van der Waals surface area contributed by atoms with Crippen LogP contribution in [0.5, 0.6) is 0 Å². The summed E-state index contributed by atoms with van der Waals surface area (Å²) in [6, 6.07) is 8.09. The van der Waals surface area contributed by atoms with E-state index >= 15 is 0 Å². The maximum atomic E-state index is 14.2. The van der Waals surface area contributed by atoms with Gasteiger partial charge in [-0.05, 0) is 43.9 Å². The zero-order valence-corrected chi connectivity index (χ0v) is 21.6. The number of carbonyl (C=O) groups is 1. The van der Waals surface area contributed by atoms with E-state index in [0.717, 1.165) is 37.3 Å². The van der Waals surface area contributed by atoms with Gasteiger partial charge in [-0.2, -0.15) is 0 Å². The van der Waals surface area contributed by atoms with Crippen molar-refractivity contribution >= 4 is 23.3 Å². The summed E-state index contributed by atoms with van der Waals surface area (Å²) in [6.45, 7) is 12.0. The van der Waals surface area contributed by atoms with Crippen molar-refractivity contribution in [1.29, 1.82) is 0 Å². The second-order valence-corrected chi connectivity index (χ2v) is 10.3. The van der Waals surface area contributed by atoms with Crippen LogP contribution in [0.3, 0.4) is 0 Å². The first-order valence-corrected chi connectivity index (χ1v) is 12.9. The highest BCUT2D eigenvalue weighted by atomic mass is 35.5. The van der Waals surface area contributed by atoms with Crippen LogP contribution >= 0.6 is 11.6 Å². The maximum Gasteiger partial charge on any atom is 0.228 e. The topological polar surface area (TPSA) is 73.4 Å². The van der Waals surface area contributed by atoms with Crippen LogP contribution in [0, 0.1) is 0 Å². The lowest BCUT2D eigenvalue weighted by atomic mass is 9.97. The molecule has 1 unspecified atom stereocenters. The Balaban J connectivity index is 1.35. The minimum absolute atomic E-state index is 0.00878. The summed E-state index contributed by atoms with van der Waals surface area (Å²) in [7, 11) is 0. The normalized spacial score (nSPS) is 21.7. The fourth-order valence-corrected chi connectivity index (χ4v) is 5.20. The van der Waals surface area contributed by atoms with Crippen LogP contribution in [-0.4, -0.2) is 77.5 Å². The molecule has 0 bridgehead atoms. The molecular formula is C26H36ClFN6O. The molecule has 1 amide bonds. The van der Waals surface area contributed by atoms with Gasteiger partial charge in [0.15, 0.2) is 0 Å². The second-order valence-electron chi connectivity index (χ2n) is 9.88. The molecule has 190 valence electrons. The lowest BCUT2D eigenvalue weighted by Gasteiger charge is -2.38. The van der Waals surface area contributed by atoms with Gasteiger partial charge in [-0.15, -0.1) is 0 Å². The number of hydrogen-bond donors (Lipinski definition) is 2. The molecule has 4 rings (SSSR count). The first kappa shape index (κ1) is 25.8. The predicted molar refractivity (Wildman–Crippen MR) is 138 cm³/mol. The summed E-state index contributed by atoms with van der Waals surface area (Å²) >= 11 is 6.09. The molecule has 0 spiro atoms. The van der Waals surface area contributed by atoms with Crippen LogP contribution in [0.15, 0.2) is 30.6 Å². The lowest BCUT2D eigenvalue weighted by Crippen LogP contribution is -2.50. The van der Waals surface area contributed by atoms with Gasteiger partial charge in [-0.1, -0.05) is 30.7 Å². The number of halogens is 2. The Morgan fingerprint density at radius 2 is 1.86 bits per heavy atom. The number of benzene rings is 1. The number of nitrogens with one attached hydrogen (secondary N) is 2. The minimum Gasteiger partial charge on any atom is -0.368 e. The number of nitrogens with zero attached hydrogens (tertiary/aromatic N) is 4. The van der Waals surface area contributed by atoms with Gasteiger partial charge in [-0.25, -0.2) is 14.4 Å². The summed E-state index contributed by atoms with van der Waals surface area (Å²) in [5, 5.41) is 7.01. The molecule has 1 saturated heterocycles. The molecule has 2 aromatic rings. The third kappa shape index (κ3) is 6.29. The largest absolute Gasteiger partial charge is 0.368 e. The van der Waals surface area contributed by atoms with Crippen molar-refractivity contribution in [2.24, 2.45) is 0 Å². The maximum absolute atomic E-state index is 14.2. The quantitative estimate of drug-likeness (QED) is 0.505. The Morgan fingerprint density at radius 1 is 1.14 bits per heavy atom. The molecule has 1 aromatic heterocycles. The number of alkyl halides is 1. The number of amides is 1. The van der Waals surface area contributed by atoms with Crippen molar-refractivity contribution in [3.63, 3.8) is 0 Å². The molecule has 7 nitrogen and oxygen atoms in total. The van der Waals surface area contributed by atoms with E-state index in [2.05, 4.69) is 44.2 Å². The highest BCUT2D eigenvalue weighted by Crippen LogP contribution is 2.43. The lowest BCUT2D eigenvalue weighted by molar-refractivity contribution is -0.123. The van der Waals surface area contributed by atoms with Crippen molar-refractivity contribution < 1.29 is 9.18 Å². The van der Waals surface area contributed by atoms with E-state index in [9.17, 15) is 9.18 Å². The fraction of sp³-hybridized carbons (Fsp3) is 0.577. The molecule has 1 aliphatic heterocycles. The average Bonchev–Trinajstić information content (AvgIpc) is 3.15. The van der Waals surface area contributed by atoms with Crippen LogP contribution in [0.2, 0.25) is 5.02 Å². The molecule has 1 aliphatic carbocycles. The molecule has 2 aliphatic rings. The highest BCUT2D eigenvalue weighted by Gasteiger charge is 2.32. The minimum atomic E-state index is -1.04. The summed E-state index contributed by atoms with van der Waals surface area (Å²) in [5.74, 6) is 0.442. The Bertz CT molecular complexity index is 996. The Morgan fingerprint density at radius 3 is 2.54 bits per heavy atom. The van der Waals surface area contributed by atoms with Gasteiger partial charge in [0, 0.05) is 62.4 Å². The Hall–Kier alpha value is -2.29. The van der Waals surface area contributed by atoms with E-state index in [0.29, 0.717) is 48.6 Å². The van der Waals surface area contributed by atoms with E-state index in [1.165, 1.54) is 6.33 Å². The van der Waals surface area contributed by atoms with Crippen LogP contribution in [-0.2, 0) is 4.79 Å². The number of rotatable bonds is 9. The van der Waals surface area contributed by atoms with Crippen LogP contribution in [0.1, 0.15) is 62.0 Å². The molecule has 2 N–H and O–H groups in total. The van der Waals surface area contributed by atoms with Gasteiger partial charge in [0.05, 0.1) is 11.6 Å². The molecule has 2 heterocycles. The van der Waals surface area contributed by atoms with Crippen molar-refractivity contribution in [1.82, 2.24) is 25.1 Å². The first-order valence-electron chi connectivity index (χ1n) is 12.6. The fourth-order valence-electron chi connectivity index (χ4n) is 5.07. The molecule has 35 heavy (non-hydrogen) atoms. The number of carbonyl (C=O) groups excluding carboxylic acids is 1. The van der Waals surface area contributed by atoms with Crippen molar-refractivity contribution in [3.05, 3.63) is 52.4 Å². The van der Waals surface area contributed by atoms with Gasteiger partial charge >= 0.3 is 0 Å². The van der Waals surface area contributed by atoms with Crippen LogP contribution in [0.4, 0.5) is 10.2 Å². The number of piperazine rings is 1. The SMILES string of the molecule is CC1C[C@H](F)c2ncnc(NCCNC(=O)[C@@H](CN3CCN(C(C)C)CC3)c3ccc(Cl)cc3)c21. The molecule has 3 atom stereocenters. The van der Waals surface area contributed by atoms with Gasteiger partial charge in [0.2, 0.25) is 5.91 Å². The van der Waals surface area contributed by atoms with E-state index in [1.54, 1.807) is 0 Å². The average molecular weight is 503 g/mol. The first-order chi connectivity index (χ1) is 16.8. The van der Waals surface area contributed by atoms with Gasteiger partial charge in [-0.3, -0.25) is 14.6 Å². The monoisotopic (exact) mass is 502 g/mol. The summed E-state index contributed by atoms with van der Waals surface area (Å²) in [5.41, 5.74) is 2.30. The zero-order chi connectivity index (χ0) is 24.9. The Kier molecular flexibility index (Phi) is 8.57. The van der Waals surface area contributed by atoms with Gasteiger partial charge in [0.1, 0.15) is 18.3 Å². The third-order valence-corrected chi connectivity index (χ3v) is 7.40. The summed E-state index contributed by atoms with van der Waals surface area (Å²) < 4.78 is 14.2. The van der Waals surface area contributed by atoms with E-state index in [1.807, 2.05) is 31.2 Å². The molecule has 0 saturated carbocycles. The van der Waals surface area contributed by atoms with Gasteiger partial charge < -0.3 is 10.6 Å². The van der Waals surface area contributed by atoms with E-state index in [-0.39, 0.29) is 17.7 Å². The molecule has 0 radical (unpaired) electrons. The van der Waals surface area contributed by atoms with E-state index < -0.39 is 6.17 Å². The number of aromatic nitrogens is 2. The molecule has 9 heteroatoms. The van der Waals surface area contributed by atoms with E-state index in [4.69, 9.17) is 11.6 Å². The zero-order valence-electron chi connectivity index (χ0n) is 20.8. The summed E-state index contributed by atoms with van der Waals surface area (Å²) in [4.78, 5) is 26.6. The third-order valence-electron chi connectivity index (χ3n) is 7.15. The van der Waals surface area contributed by atoms with Crippen LogP contribution < -0.4 is 10.6 Å².